The fourth-order valence-corrected chi connectivity index (χ4v) is 4.28. The Morgan fingerprint density at radius 2 is 1.96 bits per heavy atom. The van der Waals surface area contributed by atoms with Crippen LogP contribution >= 0.6 is 0 Å². The monoisotopic (exact) mass is 367 g/mol. The van der Waals surface area contributed by atoms with Gasteiger partial charge >= 0.3 is 12.2 Å². The van der Waals surface area contributed by atoms with Crippen molar-refractivity contribution < 1.29 is 26.3 Å². The van der Waals surface area contributed by atoms with Crippen LogP contribution in [0.1, 0.15) is 32.4 Å². The average molecular weight is 367 g/mol. The van der Waals surface area contributed by atoms with Gasteiger partial charge in [0.05, 0.1) is 5.75 Å². The first-order valence-corrected chi connectivity index (χ1v) is 9.23. The fraction of sp³-hybridized carbons (Fsp3) is 0.714. The molecule has 0 radical (unpaired) electrons. The lowest BCUT2D eigenvalue weighted by Crippen LogP contribution is -2.43. The van der Waals surface area contributed by atoms with Gasteiger partial charge in [-0.3, -0.25) is 0 Å². The molecular weight excluding hydrogens is 347 g/mol. The van der Waals surface area contributed by atoms with Gasteiger partial charge < -0.3 is 4.74 Å². The molecular formula is C14H20F3N3O3S. The van der Waals surface area contributed by atoms with Crippen LogP contribution in [-0.4, -0.2) is 47.6 Å². The molecule has 0 atom stereocenters. The Hall–Kier alpha value is -1.42. The molecule has 2 heterocycles. The van der Waals surface area contributed by atoms with Crippen molar-refractivity contribution in [1.82, 2.24) is 14.3 Å². The molecule has 1 fully saturated rings. The van der Waals surface area contributed by atoms with E-state index in [1.807, 2.05) is 13.8 Å². The highest BCUT2D eigenvalue weighted by Crippen LogP contribution is 2.28. The molecule has 0 amide bonds. The standard InChI is InChI=1S/C14H20F3N3O3S/c1-10(2)9-24(21,22)20-7-4-11(5-8-20)23-13-18-6-3-12(19-13)14(15,16)17/h3,6,10-11H,4-5,7-9H2,1-2H3. The number of halogens is 3. The van der Waals surface area contributed by atoms with E-state index in [9.17, 15) is 21.6 Å². The minimum atomic E-state index is -4.56. The summed E-state index contributed by atoms with van der Waals surface area (Å²) in [5, 5.41) is 0. The smallest absolute Gasteiger partial charge is 0.433 e. The zero-order valence-electron chi connectivity index (χ0n) is 13.5. The molecule has 0 saturated carbocycles. The number of piperidine rings is 1. The first-order chi connectivity index (χ1) is 11.1. The van der Waals surface area contributed by atoms with Gasteiger partial charge in [-0.2, -0.15) is 18.2 Å². The van der Waals surface area contributed by atoms with Crippen LogP contribution in [0, 0.1) is 5.92 Å². The number of alkyl halides is 3. The number of hydrogen-bond acceptors (Lipinski definition) is 5. The van der Waals surface area contributed by atoms with E-state index < -0.39 is 28.0 Å². The normalized spacial score (nSPS) is 18.1. The van der Waals surface area contributed by atoms with Crippen molar-refractivity contribution in [2.45, 2.75) is 39.0 Å². The van der Waals surface area contributed by atoms with E-state index in [4.69, 9.17) is 4.74 Å². The lowest BCUT2D eigenvalue weighted by atomic mass is 10.1. The lowest BCUT2D eigenvalue weighted by molar-refractivity contribution is -0.141. The number of ether oxygens (including phenoxy) is 1. The second-order valence-electron chi connectivity index (χ2n) is 6.11. The van der Waals surface area contributed by atoms with Gasteiger partial charge in [-0.05, 0) is 24.8 Å². The van der Waals surface area contributed by atoms with Gasteiger partial charge in [0.2, 0.25) is 10.0 Å². The summed E-state index contributed by atoms with van der Waals surface area (Å²) in [5.74, 6) is 0.109. The molecule has 1 aromatic heterocycles. The van der Waals surface area contributed by atoms with Crippen LogP contribution < -0.4 is 4.74 Å². The molecule has 6 nitrogen and oxygen atoms in total. The fourth-order valence-electron chi connectivity index (χ4n) is 2.46. The Morgan fingerprint density at radius 3 is 2.50 bits per heavy atom. The minimum absolute atomic E-state index is 0.0301. The molecule has 0 bridgehead atoms. The average Bonchev–Trinajstić information content (AvgIpc) is 2.46. The summed E-state index contributed by atoms with van der Waals surface area (Å²) in [6.07, 6.45) is -3.20. The van der Waals surface area contributed by atoms with Gasteiger partial charge in [0.1, 0.15) is 6.10 Å². The van der Waals surface area contributed by atoms with E-state index in [0.29, 0.717) is 12.8 Å². The number of sulfonamides is 1. The summed E-state index contributed by atoms with van der Waals surface area (Å²) in [6, 6.07) is 0.432. The zero-order chi connectivity index (χ0) is 18.0. The van der Waals surface area contributed by atoms with E-state index in [0.717, 1.165) is 12.3 Å². The molecule has 1 aliphatic heterocycles. The van der Waals surface area contributed by atoms with E-state index in [1.54, 1.807) is 0 Å². The van der Waals surface area contributed by atoms with E-state index >= 15 is 0 Å². The highest BCUT2D eigenvalue weighted by atomic mass is 32.2. The third-order valence-corrected chi connectivity index (χ3v) is 5.77. The van der Waals surface area contributed by atoms with Crippen molar-refractivity contribution in [3.8, 4) is 6.01 Å². The van der Waals surface area contributed by atoms with Gasteiger partial charge in [0.15, 0.2) is 5.69 Å². The third kappa shape index (κ3) is 5.04. The number of nitrogens with zero attached hydrogens (tertiary/aromatic N) is 3. The molecule has 0 spiro atoms. The van der Waals surface area contributed by atoms with Crippen molar-refractivity contribution in [3.05, 3.63) is 18.0 Å². The van der Waals surface area contributed by atoms with Gasteiger partial charge in [-0.25, -0.2) is 17.7 Å². The molecule has 1 aliphatic rings. The summed E-state index contributed by atoms with van der Waals surface area (Å²) < 4.78 is 68.9. The van der Waals surface area contributed by atoms with Gasteiger partial charge in [-0.15, -0.1) is 0 Å². The Balaban J connectivity index is 1.94. The maximum Gasteiger partial charge on any atom is 0.433 e. The van der Waals surface area contributed by atoms with Crippen LogP contribution in [0.15, 0.2) is 12.3 Å². The summed E-state index contributed by atoms with van der Waals surface area (Å²) in [5.41, 5.74) is -1.07. The molecule has 1 saturated heterocycles. The van der Waals surface area contributed by atoms with Gasteiger partial charge in [-0.1, -0.05) is 13.8 Å². The number of aromatic nitrogens is 2. The highest BCUT2D eigenvalue weighted by Gasteiger charge is 2.34. The predicted octanol–water partition coefficient (Wildman–Crippen LogP) is 2.32. The van der Waals surface area contributed by atoms with E-state index in [1.165, 1.54) is 4.31 Å². The van der Waals surface area contributed by atoms with Crippen molar-refractivity contribution in [1.29, 1.82) is 0 Å². The van der Waals surface area contributed by atoms with Crippen LogP contribution in [0.25, 0.3) is 0 Å². The van der Waals surface area contributed by atoms with Crippen LogP contribution in [0.4, 0.5) is 13.2 Å². The summed E-state index contributed by atoms with van der Waals surface area (Å²) >= 11 is 0. The zero-order valence-corrected chi connectivity index (χ0v) is 14.3. The largest absolute Gasteiger partial charge is 0.460 e. The second-order valence-corrected chi connectivity index (χ2v) is 8.12. The van der Waals surface area contributed by atoms with Crippen molar-refractivity contribution in [2.24, 2.45) is 5.92 Å². The number of rotatable bonds is 5. The lowest BCUT2D eigenvalue weighted by Gasteiger charge is -2.31. The third-order valence-electron chi connectivity index (χ3n) is 3.53. The maximum absolute atomic E-state index is 12.6. The second kappa shape index (κ2) is 7.22. The maximum atomic E-state index is 12.6. The molecule has 0 N–H and O–H groups in total. The molecule has 10 heteroatoms. The van der Waals surface area contributed by atoms with Gasteiger partial charge in [0, 0.05) is 19.3 Å². The quantitative estimate of drug-likeness (QED) is 0.799. The Labute approximate surface area is 139 Å². The number of hydrogen-bond donors (Lipinski definition) is 0. The summed E-state index contributed by atoms with van der Waals surface area (Å²) in [6.45, 7) is 4.22. The van der Waals surface area contributed by atoms with Crippen LogP contribution in [0.5, 0.6) is 6.01 Å². The molecule has 0 aromatic carbocycles. The molecule has 1 aromatic rings. The van der Waals surface area contributed by atoms with Crippen LogP contribution in [-0.2, 0) is 16.2 Å². The van der Waals surface area contributed by atoms with Crippen molar-refractivity contribution >= 4 is 10.0 Å². The van der Waals surface area contributed by atoms with Crippen molar-refractivity contribution in [2.75, 3.05) is 18.8 Å². The predicted molar refractivity (Wildman–Crippen MR) is 80.9 cm³/mol. The van der Waals surface area contributed by atoms with Crippen molar-refractivity contribution in [3.63, 3.8) is 0 Å². The first kappa shape index (κ1) is 18.9. The summed E-state index contributed by atoms with van der Waals surface area (Å²) in [7, 11) is -3.31. The Kier molecular flexibility index (Phi) is 5.69. The van der Waals surface area contributed by atoms with Gasteiger partial charge in [0.25, 0.3) is 0 Å². The minimum Gasteiger partial charge on any atom is -0.460 e. The molecule has 136 valence electrons. The Morgan fingerprint density at radius 1 is 1.33 bits per heavy atom. The topological polar surface area (TPSA) is 72.4 Å². The summed E-state index contributed by atoms with van der Waals surface area (Å²) in [4.78, 5) is 7.04. The molecule has 0 aliphatic carbocycles. The SMILES string of the molecule is CC(C)CS(=O)(=O)N1CCC(Oc2nccc(C(F)(F)F)n2)CC1. The Bertz CT molecular complexity index is 657. The van der Waals surface area contributed by atoms with E-state index in [-0.39, 0.29) is 30.8 Å². The van der Waals surface area contributed by atoms with Crippen LogP contribution in [0.2, 0.25) is 0 Å². The molecule has 0 unspecified atom stereocenters. The molecule has 24 heavy (non-hydrogen) atoms. The first-order valence-electron chi connectivity index (χ1n) is 7.62. The van der Waals surface area contributed by atoms with E-state index in [2.05, 4.69) is 9.97 Å². The highest BCUT2D eigenvalue weighted by molar-refractivity contribution is 7.89. The van der Waals surface area contributed by atoms with Crippen LogP contribution in [0.3, 0.4) is 0 Å². The molecule has 2 rings (SSSR count).